The predicted molar refractivity (Wildman–Crippen MR) is 88.3 cm³/mol. The van der Waals surface area contributed by atoms with Crippen molar-refractivity contribution in [2.24, 2.45) is 0 Å². The summed E-state index contributed by atoms with van der Waals surface area (Å²) in [5.41, 5.74) is -0.381. The van der Waals surface area contributed by atoms with E-state index in [4.69, 9.17) is 55.9 Å². The first-order valence-corrected chi connectivity index (χ1v) is 7.21. The van der Waals surface area contributed by atoms with Gasteiger partial charge in [0.1, 0.15) is 21.2 Å². The van der Waals surface area contributed by atoms with Crippen LogP contribution < -0.4 is 9.47 Å². The van der Waals surface area contributed by atoms with Crippen molar-refractivity contribution in [1.82, 2.24) is 9.97 Å². The normalized spacial score (nSPS) is 9.65. The molecular weight excluding hydrogens is 392 g/mol. The van der Waals surface area contributed by atoms with E-state index in [2.05, 4.69) is 9.97 Å². The minimum atomic E-state index is -0.676. The van der Waals surface area contributed by atoms with Gasteiger partial charge in [0.15, 0.2) is 0 Å². The molecule has 0 bridgehead atoms. The molecule has 23 heavy (non-hydrogen) atoms. The van der Waals surface area contributed by atoms with Crippen LogP contribution in [0.4, 0.5) is 5.69 Å². The average molecular weight is 401 g/mol. The molecule has 0 N–H and O–H groups in total. The Bertz CT molecular complexity index is 695. The van der Waals surface area contributed by atoms with Crippen molar-refractivity contribution >= 4 is 52.1 Å². The van der Waals surface area contributed by atoms with E-state index in [1.807, 2.05) is 0 Å². The topological polar surface area (TPSA) is 87.4 Å². The number of hydrogen-bond donors (Lipinski definition) is 0. The van der Waals surface area contributed by atoms with Crippen LogP contribution in [0.2, 0.25) is 20.6 Å². The van der Waals surface area contributed by atoms with Crippen LogP contribution in [-0.2, 0) is 0 Å². The molecule has 2 aromatic heterocycles. The Hall–Kier alpha value is -1.54. The van der Waals surface area contributed by atoms with E-state index in [1.54, 1.807) is 19.2 Å². The van der Waals surface area contributed by atoms with Gasteiger partial charge in [-0.25, -0.2) is 9.97 Å². The summed E-state index contributed by atoms with van der Waals surface area (Å²) >= 11 is 22.1. The Morgan fingerprint density at radius 1 is 0.957 bits per heavy atom. The molecule has 2 heterocycles. The fraction of sp³-hybridized carbons (Fsp3) is 0.167. The molecule has 0 atom stereocenters. The Kier molecular flexibility index (Phi) is 7.57. The van der Waals surface area contributed by atoms with Gasteiger partial charge in [0.05, 0.1) is 19.1 Å². The molecule has 0 saturated heterocycles. The van der Waals surface area contributed by atoms with Gasteiger partial charge in [-0.2, -0.15) is 0 Å². The monoisotopic (exact) mass is 399 g/mol. The fourth-order valence-corrected chi connectivity index (χ4v) is 2.26. The van der Waals surface area contributed by atoms with Crippen molar-refractivity contribution in [1.29, 1.82) is 0 Å². The second-order valence-corrected chi connectivity index (χ2v) is 5.22. The molecule has 0 aliphatic carbocycles. The lowest BCUT2D eigenvalue weighted by molar-refractivity contribution is -0.385. The molecule has 2 aromatic rings. The number of hydrogen-bond acceptors (Lipinski definition) is 6. The highest BCUT2D eigenvalue weighted by molar-refractivity contribution is 6.34. The van der Waals surface area contributed by atoms with E-state index in [1.165, 1.54) is 13.2 Å². The third-order valence-corrected chi connectivity index (χ3v) is 3.10. The molecule has 0 saturated carbocycles. The van der Waals surface area contributed by atoms with Gasteiger partial charge < -0.3 is 9.47 Å². The molecule has 124 valence electrons. The number of ether oxygens (including phenoxy) is 2. The van der Waals surface area contributed by atoms with Crippen LogP contribution >= 0.6 is 46.4 Å². The summed E-state index contributed by atoms with van der Waals surface area (Å²) < 4.78 is 9.58. The Morgan fingerprint density at radius 3 is 1.91 bits per heavy atom. The fourth-order valence-electron chi connectivity index (χ4n) is 1.34. The maximum Gasteiger partial charge on any atom is 0.347 e. The Labute approximate surface area is 151 Å². The van der Waals surface area contributed by atoms with E-state index >= 15 is 0 Å². The maximum absolute atomic E-state index is 10.5. The van der Waals surface area contributed by atoms with Crippen LogP contribution in [0.3, 0.4) is 0 Å². The highest BCUT2D eigenvalue weighted by Crippen LogP contribution is 2.34. The van der Waals surface area contributed by atoms with Crippen molar-refractivity contribution in [2.45, 2.75) is 0 Å². The molecule has 7 nitrogen and oxygen atoms in total. The molecule has 0 aliphatic rings. The number of halogens is 4. The van der Waals surface area contributed by atoms with E-state index in [0.717, 1.165) is 0 Å². The minimum Gasteiger partial charge on any atom is -0.497 e. The van der Waals surface area contributed by atoms with Crippen LogP contribution in [0.5, 0.6) is 11.5 Å². The van der Waals surface area contributed by atoms with Gasteiger partial charge in [-0.05, 0) is 0 Å². The third-order valence-electron chi connectivity index (χ3n) is 2.26. The van der Waals surface area contributed by atoms with Crippen LogP contribution in [0.15, 0.2) is 18.2 Å². The van der Waals surface area contributed by atoms with Crippen molar-refractivity contribution in [3.05, 3.63) is 48.9 Å². The zero-order valence-corrected chi connectivity index (χ0v) is 14.7. The number of pyridine rings is 2. The van der Waals surface area contributed by atoms with Crippen LogP contribution in [0.25, 0.3) is 0 Å². The quantitative estimate of drug-likeness (QED) is 0.421. The Balaban J connectivity index is 0.000000238. The van der Waals surface area contributed by atoms with Gasteiger partial charge in [-0.1, -0.05) is 46.4 Å². The molecule has 2 rings (SSSR count). The zero-order valence-electron chi connectivity index (χ0n) is 11.7. The number of rotatable bonds is 3. The van der Waals surface area contributed by atoms with Gasteiger partial charge >= 0.3 is 5.69 Å². The molecule has 0 amide bonds. The van der Waals surface area contributed by atoms with Crippen LogP contribution in [-0.4, -0.2) is 29.1 Å². The lowest BCUT2D eigenvalue weighted by Crippen LogP contribution is -1.96. The summed E-state index contributed by atoms with van der Waals surface area (Å²) in [6.45, 7) is 0. The van der Waals surface area contributed by atoms with Crippen molar-refractivity contribution in [2.75, 3.05) is 14.2 Å². The minimum absolute atomic E-state index is 0.00463. The molecule has 11 heteroatoms. The summed E-state index contributed by atoms with van der Waals surface area (Å²) in [6.07, 6.45) is 0. The van der Waals surface area contributed by atoms with E-state index in [-0.39, 0.29) is 21.7 Å². The zero-order chi connectivity index (χ0) is 17.6. The number of aromatic nitrogens is 2. The standard InChI is InChI=1S/C6H4Cl2N2O3.C6H5Cl2NO/c1-13-3-2-4(7)9-6(8)5(3)10(11)12;1-10-4-2-5(7)9-6(8)3-4/h2H,1H3;2-3H,1H3. The van der Waals surface area contributed by atoms with Crippen LogP contribution in [0, 0.1) is 10.1 Å². The third kappa shape index (κ3) is 5.87. The summed E-state index contributed by atoms with van der Waals surface area (Å²) in [5, 5.41) is 10.9. The second-order valence-electron chi connectivity index (χ2n) is 3.70. The molecule has 0 radical (unpaired) electrons. The smallest absolute Gasteiger partial charge is 0.347 e. The molecule has 0 unspecified atom stereocenters. The number of methoxy groups -OCH3 is 2. The van der Waals surface area contributed by atoms with Gasteiger partial charge in [0, 0.05) is 18.2 Å². The summed E-state index contributed by atoms with van der Waals surface area (Å²) in [4.78, 5) is 17.0. The van der Waals surface area contributed by atoms with Gasteiger partial charge in [-0.15, -0.1) is 0 Å². The largest absolute Gasteiger partial charge is 0.497 e. The van der Waals surface area contributed by atoms with E-state index in [0.29, 0.717) is 16.1 Å². The van der Waals surface area contributed by atoms with Crippen LogP contribution in [0.1, 0.15) is 0 Å². The first-order valence-electron chi connectivity index (χ1n) is 5.70. The predicted octanol–water partition coefficient (Wildman–Crippen LogP) is 4.70. The van der Waals surface area contributed by atoms with Crippen molar-refractivity contribution < 1.29 is 14.4 Å². The second kappa shape index (κ2) is 8.93. The molecular formula is C12H9Cl4N3O4. The Morgan fingerprint density at radius 2 is 1.48 bits per heavy atom. The summed E-state index contributed by atoms with van der Waals surface area (Å²) in [5.74, 6) is 0.611. The maximum atomic E-state index is 10.5. The molecule has 0 fully saturated rings. The molecule has 0 spiro atoms. The van der Waals surface area contributed by atoms with Gasteiger partial charge in [0.25, 0.3) is 0 Å². The van der Waals surface area contributed by atoms with Crippen molar-refractivity contribution in [3.8, 4) is 11.5 Å². The summed E-state index contributed by atoms with van der Waals surface area (Å²) in [6, 6.07) is 4.41. The number of nitro groups is 1. The van der Waals surface area contributed by atoms with Gasteiger partial charge in [-0.3, -0.25) is 10.1 Å². The highest BCUT2D eigenvalue weighted by atomic mass is 35.5. The first-order chi connectivity index (χ1) is 10.8. The average Bonchev–Trinajstić information content (AvgIpc) is 2.45. The molecule has 0 aliphatic heterocycles. The number of nitrogens with zero attached hydrogens (tertiary/aromatic N) is 3. The highest BCUT2D eigenvalue weighted by Gasteiger charge is 2.22. The van der Waals surface area contributed by atoms with Gasteiger partial charge in [0.2, 0.25) is 10.9 Å². The molecule has 0 aromatic carbocycles. The van der Waals surface area contributed by atoms with E-state index in [9.17, 15) is 10.1 Å². The van der Waals surface area contributed by atoms with Crippen molar-refractivity contribution in [3.63, 3.8) is 0 Å². The SMILES string of the molecule is COc1cc(Cl)nc(Cl)c1.COc1cc(Cl)nc(Cl)c1[N+](=O)[O-]. The first kappa shape index (κ1) is 19.5. The lowest BCUT2D eigenvalue weighted by Gasteiger charge is -2.02. The lowest BCUT2D eigenvalue weighted by atomic mass is 10.4. The van der Waals surface area contributed by atoms with E-state index < -0.39 is 4.92 Å². The summed E-state index contributed by atoms with van der Waals surface area (Å²) in [7, 11) is 2.83.